The minimum atomic E-state index is -1.25. The fourth-order valence-electron chi connectivity index (χ4n) is 3.05. The summed E-state index contributed by atoms with van der Waals surface area (Å²) in [5, 5.41) is 12.0. The molecule has 7 nitrogen and oxygen atoms in total. The van der Waals surface area contributed by atoms with E-state index in [1.165, 1.54) is 10.5 Å². The zero-order valence-electron chi connectivity index (χ0n) is 18.1. The lowest BCUT2D eigenvalue weighted by Gasteiger charge is -2.24. The molecule has 1 aromatic carbocycles. The number of hydrogen-bond donors (Lipinski definition) is 2. The number of carbonyl (C=O) groups excluding carboxylic acids is 2. The van der Waals surface area contributed by atoms with Gasteiger partial charge in [0.1, 0.15) is 6.04 Å². The van der Waals surface area contributed by atoms with Gasteiger partial charge < -0.3 is 20.1 Å². The molecule has 29 heavy (non-hydrogen) atoms. The fourth-order valence-corrected chi connectivity index (χ4v) is 3.05. The van der Waals surface area contributed by atoms with Crippen molar-refractivity contribution < 1.29 is 24.2 Å². The van der Waals surface area contributed by atoms with E-state index in [9.17, 15) is 19.5 Å². The maximum absolute atomic E-state index is 12.3. The zero-order valence-corrected chi connectivity index (χ0v) is 18.1. The largest absolute Gasteiger partial charge is 0.479 e. The van der Waals surface area contributed by atoms with Crippen molar-refractivity contribution in [1.82, 2.24) is 10.2 Å². The summed E-state index contributed by atoms with van der Waals surface area (Å²) in [5.41, 5.74) is 1.18. The molecule has 3 atom stereocenters. The van der Waals surface area contributed by atoms with Gasteiger partial charge in [-0.1, -0.05) is 51.1 Å². The van der Waals surface area contributed by atoms with Crippen molar-refractivity contribution in [3.8, 4) is 0 Å². The van der Waals surface area contributed by atoms with Crippen LogP contribution in [0.2, 0.25) is 0 Å². The molecule has 0 bridgehead atoms. The zero-order chi connectivity index (χ0) is 22.0. The van der Waals surface area contributed by atoms with E-state index in [-0.39, 0.29) is 24.2 Å². The number of aryl methyl sites for hydroxylation is 1. The van der Waals surface area contributed by atoms with E-state index in [4.69, 9.17) is 4.74 Å². The van der Waals surface area contributed by atoms with Crippen molar-refractivity contribution >= 4 is 18.0 Å². The van der Waals surface area contributed by atoms with Gasteiger partial charge in [-0.25, -0.2) is 9.59 Å². The fraction of sp³-hybridized carbons (Fsp3) is 0.591. The maximum atomic E-state index is 12.3. The standard InChI is InChI=1S/C22H34N2O5/c1-15(2)13-18(20(25)24(4)5)23-22(28)29-19(21(26)27)14-16(3)11-12-17-9-7-6-8-10-17/h6-10,15-16,18-19H,11-14H2,1-5H3,(H,23,28)(H,26,27)/t16?,18-,19-/m0/s1. The average Bonchev–Trinajstić information content (AvgIpc) is 2.65. The minimum absolute atomic E-state index is 0.0546. The number of nitrogens with one attached hydrogen (secondary N) is 1. The number of benzene rings is 1. The molecule has 7 heteroatoms. The van der Waals surface area contributed by atoms with Gasteiger partial charge in [0.2, 0.25) is 12.0 Å². The Morgan fingerprint density at radius 2 is 1.69 bits per heavy atom. The van der Waals surface area contributed by atoms with E-state index in [1.54, 1.807) is 14.1 Å². The topological polar surface area (TPSA) is 95.9 Å². The number of rotatable bonds is 11. The molecule has 0 spiro atoms. The molecular formula is C22H34N2O5. The Morgan fingerprint density at radius 3 is 2.21 bits per heavy atom. The number of carboxylic acids is 1. The SMILES string of the molecule is CC(C)C[C@H](NC(=O)O[C@@H](CC(C)CCc1ccccc1)C(=O)O)C(=O)N(C)C. The Labute approximate surface area is 173 Å². The van der Waals surface area contributed by atoms with E-state index in [1.807, 2.05) is 51.1 Å². The molecule has 0 aliphatic heterocycles. The Kier molecular flexibility index (Phi) is 10.2. The first-order valence-corrected chi connectivity index (χ1v) is 10.0. The van der Waals surface area contributed by atoms with Crippen LogP contribution < -0.4 is 5.32 Å². The van der Waals surface area contributed by atoms with Crippen molar-refractivity contribution in [1.29, 1.82) is 0 Å². The van der Waals surface area contributed by atoms with Crippen molar-refractivity contribution in [2.75, 3.05) is 14.1 Å². The number of nitrogens with zero attached hydrogens (tertiary/aromatic N) is 1. The summed E-state index contributed by atoms with van der Waals surface area (Å²) in [7, 11) is 3.22. The van der Waals surface area contributed by atoms with Crippen molar-refractivity contribution in [3.05, 3.63) is 35.9 Å². The second-order valence-corrected chi connectivity index (χ2v) is 8.16. The number of aliphatic carboxylic acids is 1. The van der Waals surface area contributed by atoms with Crippen LogP contribution >= 0.6 is 0 Å². The molecule has 2 N–H and O–H groups in total. The van der Waals surface area contributed by atoms with Gasteiger partial charge in [-0.15, -0.1) is 0 Å². The molecule has 162 valence electrons. The molecule has 0 fully saturated rings. The molecule has 0 aliphatic rings. The van der Waals surface area contributed by atoms with Crippen LogP contribution in [0.25, 0.3) is 0 Å². The van der Waals surface area contributed by atoms with Crippen molar-refractivity contribution in [2.24, 2.45) is 11.8 Å². The Bertz CT molecular complexity index is 660. The van der Waals surface area contributed by atoms with Crippen LogP contribution in [0.5, 0.6) is 0 Å². The van der Waals surface area contributed by atoms with Crippen LogP contribution in [0.4, 0.5) is 4.79 Å². The Hall–Kier alpha value is -2.57. The summed E-state index contributed by atoms with van der Waals surface area (Å²) in [5.74, 6) is -1.21. The lowest BCUT2D eigenvalue weighted by atomic mass is 9.95. The van der Waals surface area contributed by atoms with E-state index in [2.05, 4.69) is 5.32 Å². The van der Waals surface area contributed by atoms with Gasteiger partial charge in [-0.3, -0.25) is 4.79 Å². The molecule has 1 unspecified atom stereocenters. The monoisotopic (exact) mass is 406 g/mol. The predicted octanol–water partition coefficient (Wildman–Crippen LogP) is 3.33. The lowest BCUT2D eigenvalue weighted by molar-refractivity contribution is -0.147. The van der Waals surface area contributed by atoms with Gasteiger partial charge in [0.25, 0.3) is 0 Å². The van der Waals surface area contributed by atoms with Gasteiger partial charge in [0.15, 0.2) is 0 Å². The molecule has 0 aliphatic carbocycles. The van der Waals surface area contributed by atoms with Gasteiger partial charge in [-0.05, 0) is 43.1 Å². The van der Waals surface area contributed by atoms with Gasteiger partial charge in [0, 0.05) is 14.1 Å². The van der Waals surface area contributed by atoms with Crippen LogP contribution in [0.15, 0.2) is 30.3 Å². The first-order chi connectivity index (χ1) is 13.6. The number of ether oxygens (including phenoxy) is 1. The summed E-state index contributed by atoms with van der Waals surface area (Å²) in [6.45, 7) is 5.83. The highest BCUT2D eigenvalue weighted by Crippen LogP contribution is 2.17. The summed E-state index contributed by atoms with van der Waals surface area (Å²) in [6, 6.07) is 9.20. The summed E-state index contributed by atoms with van der Waals surface area (Å²) >= 11 is 0. The van der Waals surface area contributed by atoms with Crippen molar-refractivity contribution in [3.63, 3.8) is 0 Å². The van der Waals surface area contributed by atoms with Crippen LogP contribution in [-0.4, -0.2) is 54.2 Å². The minimum Gasteiger partial charge on any atom is -0.479 e. The molecule has 1 aromatic rings. The van der Waals surface area contributed by atoms with Gasteiger partial charge in [-0.2, -0.15) is 0 Å². The molecular weight excluding hydrogens is 372 g/mol. The summed E-state index contributed by atoms with van der Waals surface area (Å²) in [6.07, 6.45) is 0.134. The average molecular weight is 407 g/mol. The molecule has 1 rings (SSSR count). The first kappa shape index (κ1) is 24.5. The van der Waals surface area contributed by atoms with Gasteiger partial charge in [0.05, 0.1) is 0 Å². The number of amides is 2. The van der Waals surface area contributed by atoms with Crippen molar-refractivity contribution in [2.45, 2.75) is 58.6 Å². The maximum Gasteiger partial charge on any atom is 0.408 e. The van der Waals surface area contributed by atoms with Crippen LogP contribution in [0, 0.1) is 11.8 Å². The number of carboxylic acid groups (broad SMARTS) is 1. The predicted molar refractivity (Wildman–Crippen MR) is 112 cm³/mol. The normalized spacial score (nSPS) is 14.0. The Morgan fingerprint density at radius 1 is 1.07 bits per heavy atom. The number of hydrogen-bond acceptors (Lipinski definition) is 4. The lowest BCUT2D eigenvalue weighted by Crippen LogP contribution is -2.48. The van der Waals surface area contributed by atoms with Crippen LogP contribution in [-0.2, 0) is 20.7 Å². The Balaban J connectivity index is 2.62. The third kappa shape index (κ3) is 9.45. The highest BCUT2D eigenvalue weighted by atomic mass is 16.6. The number of likely N-dealkylation sites (N-methyl/N-ethyl adjacent to an activating group) is 1. The second-order valence-electron chi connectivity index (χ2n) is 8.16. The molecule has 0 aromatic heterocycles. The second kappa shape index (κ2) is 12.1. The van der Waals surface area contributed by atoms with E-state index in [0.29, 0.717) is 6.42 Å². The molecule has 0 saturated heterocycles. The van der Waals surface area contributed by atoms with Crippen LogP contribution in [0.1, 0.15) is 45.6 Å². The smallest absolute Gasteiger partial charge is 0.408 e. The summed E-state index contributed by atoms with van der Waals surface area (Å²) in [4.78, 5) is 37.5. The molecule has 0 heterocycles. The van der Waals surface area contributed by atoms with Crippen LogP contribution in [0.3, 0.4) is 0 Å². The number of carbonyl (C=O) groups is 3. The molecule has 0 radical (unpaired) electrons. The quantitative estimate of drug-likeness (QED) is 0.588. The van der Waals surface area contributed by atoms with E-state index in [0.717, 1.165) is 12.8 Å². The highest BCUT2D eigenvalue weighted by Gasteiger charge is 2.28. The number of alkyl carbamates (subject to hydrolysis) is 1. The van der Waals surface area contributed by atoms with E-state index >= 15 is 0 Å². The van der Waals surface area contributed by atoms with E-state index < -0.39 is 24.2 Å². The first-order valence-electron chi connectivity index (χ1n) is 10.0. The third-order valence-corrected chi connectivity index (χ3v) is 4.65. The van der Waals surface area contributed by atoms with Gasteiger partial charge >= 0.3 is 12.1 Å². The molecule has 2 amide bonds. The molecule has 0 saturated carbocycles. The summed E-state index contributed by atoms with van der Waals surface area (Å²) < 4.78 is 5.16. The highest BCUT2D eigenvalue weighted by molar-refractivity contribution is 5.86. The third-order valence-electron chi connectivity index (χ3n) is 4.65.